The predicted molar refractivity (Wildman–Crippen MR) is 97.2 cm³/mol. The minimum Gasteiger partial charge on any atom is -0.340 e. The third kappa shape index (κ3) is 5.25. The van der Waals surface area contributed by atoms with Gasteiger partial charge in [0.05, 0.1) is 17.2 Å². The van der Waals surface area contributed by atoms with E-state index in [1.807, 2.05) is 24.3 Å². The highest BCUT2D eigenvalue weighted by Gasteiger charge is 2.16. The molecule has 0 atom stereocenters. The molecule has 0 saturated carbocycles. The Bertz CT molecular complexity index is 722. The van der Waals surface area contributed by atoms with E-state index >= 15 is 0 Å². The van der Waals surface area contributed by atoms with Crippen molar-refractivity contribution < 1.29 is 9.72 Å². The van der Waals surface area contributed by atoms with Crippen molar-refractivity contribution in [3.05, 3.63) is 74.8 Å². The number of halogens is 1. The van der Waals surface area contributed by atoms with Crippen molar-refractivity contribution in [2.75, 3.05) is 12.8 Å². The molecule has 0 aliphatic carbocycles. The van der Waals surface area contributed by atoms with Gasteiger partial charge in [-0.1, -0.05) is 41.9 Å². The smallest absolute Gasteiger partial charge is 0.274 e. The minimum absolute atomic E-state index is 0.0333. The van der Waals surface area contributed by atoms with Gasteiger partial charge in [0, 0.05) is 29.5 Å². The molecule has 0 aliphatic heterocycles. The van der Waals surface area contributed by atoms with Crippen molar-refractivity contribution in [3.63, 3.8) is 0 Å². The highest BCUT2D eigenvalue weighted by atomic mass is 35.5. The predicted octanol–water partition coefficient (Wildman–Crippen LogP) is 4.14. The van der Waals surface area contributed by atoms with E-state index in [0.717, 1.165) is 5.56 Å². The van der Waals surface area contributed by atoms with Crippen LogP contribution in [0.25, 0.3) is 0 Å². The molecule has 0 radical (unpaired) electrons. The van der Waals surface area contributed by atoms with Crippen molar-refractivity contribution in [1.29, 1.82) is 0 Å². The molecule has 0 fully saturated rings. The second kappa shape index (κ2) is 8.70. The Morgan fingerprint density at radius 2 is 1.88 bits per heavy atom. The summed E-state index contributed by atoms with van der Waals surface area (Å²) in [5, 5.41) is 11.7. The summed E-state index contributed by atoms with van der Waals surface area (Å²) >= 11 is 7.34. The fraction of sp³-hybridized carbons (Fsp3) is 0.235. The van der Waals surface area contributed by atoms with Gasteiger partial charge in [-0.25, -0.2) is 0 Å². The Labute approximate surface area is 149 Å². The highest BCUT2D eigenvalue weighted by Crippen LogP contribution is 2.20. The Morgan fingerprint density at radius 1 is 1.21 bits per heavy atom. The average molecular weight is 365 g/mol. The topological polar surface area (TPSA) is 63.4 Å². The van der Waals surface area contributed by atoms with Crippen LogP contribution in [0.5, 0.6) is 0 Å². The van der Waals surface area contributed by atoms with Crippen molar-refractivity contribution >= 4 is 35.0 Å². The Hall–Kier alpha value is -2.05. The zero-order chi connectivity index (χ0) is 17.5. The second-order valence-electron chi connectivity index (χ2n) is 5.25. The number of hydrogen-bond acceptors (Lipinski definition) is 4. The molecular formula is C17H17ClN2O3S. The molecule has 5 nitrogen and oxygen atoms in total. The Balaban J connectivity index is 1.86. The van der Waals surface area contributed by atoms with Crippen LogP contribution in [0.2, 0.25) is 5.02 Å². The van der Waals surface area contributed by atoms with Crippen LogP contribution in [0.15, 0.2) is 48.5 Å². The molecule has 1 amide bonds. The van der Waals surface area contributed by atoms with E-state index in [0.29, 0.717) is 22.1 Å². The van der Waals surface area contributed by atoms with Gasteiger partial charge in [0.1, 0.15) is 0 Å². The van der Waals surface area contributed by atoms with Gasteiger partial charge in [-0.15, -0.1) is 11.8 Å². The van der Waals surface area contributed by atoms with Crippen molar-refractivity contribution in [2.24, 2.45) is 0 Å². The standard InChI is InChI=1S/C17H17ClN2O3S/c1-19(10-14-4-2-3-5-16(14)20(22)23)17(21)12-24-11-13-6-8-15(18)9-7-13/h2-9H,10-12H2,1H3. The Kier molecular flexibility index (Phi) is 6.63. The summed E-state index contributed by atoms with van der Waals surface area (Å²) in [5.41, 5.74) is 1.66. The number of para-hydroxylation sites is 1. The van der Waals surface area contributed by atoms with Gasteiger partial charge in [-0.2, -0.15) is 0 Å². The number of nitro groups is 1. The fourth-order valence-electron chi connectivity index (χ4n) is 2.11. The van der Waals surface area contributed by atoms with E-state index in [4.69, 9.17) is 11.6 Å². The van der Waals surface area contributed by atoms with E-state index < -0.39 is 4.92 Å². The maximum Gasteiger partial charge on any atom is 0.274 e. The molecule has 0 unspecified atom stereocenters. The average Bonchev–Trinajstić information content (AvgIpc) is 2.56. The molecule has 24 heavy (non-hydrogen) atoms. The maximum absolute atomic E-state index is 12.2. The van der Waals surface area contributed by atoms with E-state index in [1.54, 1.807) is 25.2 Å². The van der Waals surface area contributed by atoms with Gasteiger partial charge in [0.2, 0.25) is 5.91 Å². The van der Waals surface area contributed by atoms with Crippen molar-refractivity contribution in [2.45, 2.75) is 12.3 Å². The van der Waals surface area contributed by atoms with Crippen LogP contribution in [-0.4, -0.2) is 28.5 Å². The molecule has 0 N–H and O–H groups in total. The maximum atomic E-state index is 12.2. The molecule has 0 bridgehead atoms. The number of nitro benzene ring substituents is 1. The highest BCUT2D eigenvalue weighted by molar-refractivity contribution is 7.99. The molecule has 2 aromatic rings. The van der Waals surface area contributed by atoms with Gasteiger partial charge >= 0.3 is 0 Å². The molecule has 0 aromatic heterocycles. The van der Waals surface area contributed by atoms with Crippen LogP contribution in [0.3, 0.4) is 0 Å². The minimum atomic E-state index is -0.428. The van der Waals surface area contributed by atoms with Gasteiger partial charge in [0.15, 0.2) is 0 Å². The number of thioether (sulfide) groups is 1. The van der Waals surface area contributed by atoms with Crippen LogP contribution in [-0.2, 0) is 17.1 Å². The van der Waals surface area contributed by atoms with Gasteiger partial charge in [-0.3, -0.25) is 14.9 Å². The molecule has 0 heterocycles. The van der Waals surface area contributed by atoms with Gasteiger partial charge < -0.3 is 4.90 Å². The summed E-state index contributed by atoms with van der Waals surface area (Å²) in [4.78, 5) is 24.3. The largest absolute Gasteiger partial charge is 0.340 e. The van der Waals surface area contributed by atoms with E-state index in [1.165, 1.54) is 22.7 Å². The number of hydrogen-bond donors (Lipinski definition) is 0. The third-order valence-electron chi connectivity index (χ3n) is 3.43. The Morgan fingerprint density at radius 3 is 2.54 bits per heavy atom. The van der Waals surface area contributed by atoms with E-state index in [9.17, 15) is 14.9 Å². The summed E-state index contributed by atoms with van der Waals surface area (Å²) in [6, 6.07) is 14.0. The number of carbonyl (C=O) groups is 1. The third-order valence-corrected chi connectivity index (χ3v) is 4.67. The first kappa shape index (κ1) is 18.3. The van der Waals surface area contributed by atoms with E-state index in [2.05, 4.69) is 0 Å². The summed E-state index contributed by atoms with van der Waals surface area (Å²) in [5.74, 6) is 0.967. The molecule has 0 aliphatic rings. The van der Waals surface area contributed by atoms with Crippen molar-refractivity contribution in [3.8, 4) is 0 Å². The normalized spacial score (nSPS) is 10.4. The van der Waals surface area contributed by atoms with Crippen LogP contribution in [0, 0.1) is 10.1 Å². The lowest BCUT2D eigenvalue weighted by Gasteiger charge is -2.17. The van der Waals surface area contributed by atoms with Crippen LogP contribution in [0.4, 0.5) is 5.69 Å². The SMILES string of the molecule is CN(Cc1ccccc1[N+](=O)[O-])C(=O)CSCc1ccc(Cl)cc1. The zero-order valence-corrected chi connectivity index (χ0v) is 14.7. The molecule has 126 valence electrons. The number of carbonyl (C=O) groups excluding carboxylic acids is 1. The number of amides is 1. The summed E-state index contributed by atoms with van der Waals surface area (Å²) in [7, 11) is 1.65. The number of nitrogens with zero attached hydrogens (tertiary/aromatic N) is 2. The molecule has 0 saturated heterocycles. The molecule has 2 aromatic carbocycles. The first-order valence-electron chi connectivity index (χ1n) is 7.26. The monoisotopic (exact) mass is 364 g/mol. The van der Waals surface area contributed by atoms with Crippen LogP contribution < -0.4 is 0 Å². The number of rotatable bonds is 7. The molecular weight excluding hydrogens is 348 g/mol. The molecule has 0 spiro atoms. The van der Waals surface area contributed by atoms with E-state index in [-0.39, 0.29) is 18.1 Å². The first-order chi connectivity index (χ1) is 11.5. The first-order valence-corrected chi connectivity index (χ1v) is 8.79. The lowest BCUT2D eigenvalue weighted by Crippen LogP contribution is -2.28. The van der Waals surface area contributed by atoms with Crippen LogP contribution >= 0.6 is 23.4 Å². The fourth-order valence-corrected chi connectivity index (χ4v) is 3.16. The molecule has 2 rings (SSSR count). The summed E-state index contributed by atoms with van der Waals surface area (Å²) < 4.78 is 0. The summed E-state index contributed by atoms with van der Waals surface area (Å²) in [6.45, 7) is 0.220. The summed E-state index contributed by atoms with van der Waals surface area (Å²) in [6.07, 6.45) is 0. The lowest BCUT2D eigenvalue weighted by atomic mass is 10.1. The van der Waals surface area contributed by atoms with Gasteiger partial charge in [-0.05, 0) is 17.7 Å². The zero-order valence-electron chi connectivity index (χ0n) is 13.1. The van der Waals surface area contributed by atoms with Crippen LogP contribution in [0.1, 0.15) is 11.1 Å². The quantitative estimate of drug-likeness (QED) is 0.547. The molecule has 7 heteroatoms. The number of benzene rings is 2. The van der Waals surface area contributed by atoms with Crippen molar-refractivity contribution in [1.82, 2.24) is 4.90 Å². The second-order valence-corrected chi connectivity index (χ2v) is 6.68. The lowest BCUT2D eigenvalue weighted by molar-refractivity contribution is -0.385. The van der Waals surface area contributed by atoms with Gasteiger partial charge in [0.25, 0.3) is 5.69 Å².